The van der Waals surface area contributed by atoms with Gasteiger partial charge in [0.15, 0.2) is 0 Å². The second-order valence-corrected chi connectivity index (χ2v) is 3.55. The Morgan fingerprint density at radius 1 is 1.28 bits per heavy atom. The van der Waals surface area contributed by atoms with E-state index in [0.29, 0.717) is 17.1 Å². The zero-order chi connectivity index (χ0) is 13.7. The predicted octanol–water partition coefficient (Wildman–Crippen LogP) is 0.827. The van der Waals surface area contributed by atoms with Gasteiger partial charge in [0.2, 0.25) is 0 Å². The number of hydrogen-bond acceptors (Lipinski definition) is 4. The van der Waals surface area contributed by atoms with E-state index in [-0.39, 0.29) is 5.56 Å². The lowest BCUT2D eigenvalue weighted by molar-refractivity contribution is -0.135. The van der Waals surface area contributed by atoms with Crippen LogP contribution >= 0.6 is 0 Å². The number of rotatable bonds is 5. The third-order valence-electron chi connectivity index (χ3n) is 2.43. The summed E-state index contributed by atoms with van der Waals surface area (Å²) in [5.41, 5.74) is 0.958. The first-order chi connectivity index (χ1) is 8.51. The minimum Gasteiger partial charge on any atom is -0.496 e. The normalized spacial score (nSPS) is 9.72. The van der Waals surface area contributed by atoms with E-state index in [4.69, 9.17) is 14.6 Å². The molecule has 1 rings (SSSR count). The Bertz CT molecular complexity index is 470. The molecule has 0 aliphatic heterocycles. The first-order valence-electron chi connectivity index (χ1n) is 5.22. The van der Waals surface area contributed by atoms with E-state index in [1.807, 2.05) is 0 Å². The van der Waals surface area contributed by atoms with Crippen molar-refractivity contribution < 1.29 is 24.2 Å². The van der Waals surface area contributed by atoms with Crippen LogP contribution in [0.25, 0.3) is 0 Å². The molecule has 2 N–H and O–H groups in total. The van der Waals surface area contributed by atoms with Crippen molar-refractivity contribution in [2.24, 2.45) is 0 Å². The molecule has 6 nitrogen and oxygen atoms in total. The van der Waals surface area contributed by atoms with Gasteiger partial charge in [-0.25, -0.2) is 0 Å². The van der Waals surface area contributed by atoms with Crippen molar-refractivity contribution >= 4 is 11.9 Å². The topological polar surface area (TPSA) is 84.9 Å². The van der Waals surface area contributed by atoms with Gasteiger partial charge in [0.05, 0.1) is 19.8 Å². The van der Waals surface area contributed by atoms with E-state index in [1.54, 1.807) is 13.0 Å². The van der Waals surface area contributed by atoms with Gasteiger partial charge in [-0.1, -0.05) is 0 Å². The fourth-order valence-electron chi connectivity index (χ4n) is 1.59. The summed E-state index contributed by atoms with van der Waals surface area (Å²) < 4.78 is 10.3. The maximum Gasteiger partial charge on any atom is 0.322 e. The van der Waals surface area contributed by atoms with Gasteiger partial charge in [0.1, 0.15) is 18.0 Å². The van der Waals surface area contributed by atoms with Crippen LogP contribution in [0.15, 0.2) is 12.1 Å². The lowest BCUT2D eigenvalue weighted by atomic mass is 10.1. The fourth-order valence-corrected chi connectivity index (χ4v) is 1.59. The Labute approximate surface area is 105 Å². The molecule has 98 valence electrons. The van der Waals surface area contributed by atoms with E-state index in [2.05, 4.69) is 5.32 Å². The summed E-state index contributed by atoms with van der Waals surface area (Å²) in [6, 6.07) is 3.16. The number of methoxy groups -OCH3 is 2. The maximum absolute atomic E-state index is 11.8. The second-order valence-electron chi connectivity index (χ2n) is 3.55. The van der Waals surface area contributed by atoms with Crippen LogP contribution < -0.4 is 14.8 Å². The highest BCUT2D eigenvalue weighted by Gasteiger charge is 2.17. The molecule has 0 fully saturated rings. The molecule has 0 radical (unpaired) electrons. The van der Waals surface area contributed by atoms with Gasteiger partial charge in [-0.15, -0.1) is 0 Å². The third kappa shape index (κ3) is 2.91. The van der Waals surface area contributed by atoms with E-state index in [9.17, 15) is 9.59 Å². The molecular formula is C12H15NO5. The van der Waals surface area contributed by atoms with Crippen molar-refractivity contribution in [1.29, 1.82) is 0 Å². The van der Waals surface area contributed by atoms with E-state index in [0.717, 1.165) is 0 Å². The van der Waals surface area contributed by atoms with Crippen LogP contribution in [0.3, 0.4) is 0 Å². The zero-order valence-electron chi connectivity index (χ0n) is 10.4. The van der Waals surface area contributed by atoms with Crippen LogP contribution in [-0.4, -0.2) is 37.7 Å². The standard InChI is InChI=1S/C12H15NO5/c1-7-9(17-2)5-4-8(11(7)18-3)12(16)13-6-10(14)15/h4-5H,6H2,1-3H3,(H,13,16)(H,14,15). The molecule has 0 unspecified atom stereocenters. The Morgan fingerprint density at radius 2 is 1.94 bits per heavy atom. The molecule has 6 heteroatoms. The number of hydrogen-bond donors (Lipinski definition) is 2. The van der Waals surface area contributed by atoms with Crippen LogP contribution in [0.1, 0.15) is 15.9 Å². The van der Waals surface area contributed by atoms with Crippen LogP contribution in [0, 0.1) is 6.92 Å². The molecule has 18 heavy (non-hydrogen) atoms. The molecule has 0 aromatic heterocycles. The summed E-state index contributed by atoms with van der Waals surface area (Å²) in [5, 5.41) is 10.8. The second kappa shape index (κ2) is 5.90. The number of benzene rings is 1. The van der Waals surface area contributed by atoms with Crippen molar-refractivity contribution in [2.75, 3.05) is 20.8 Å². The highest BCUT2D eigenvalue weighted by molar-refractivity contribution is 5.99. The molecule has 0 atom stereocenters. The number of carboxylic acids is 1. The smallest absolute Gasteiger partial charge is 0.322 e. The molecule has 0 bridgehead atoms. The number of ether oxygens (including phenoxy) is 2. The summed E-state index contributed by atoms with van der Waals surface area (Å²) in [4.78, 5) is 22.2. The first kappa shape index (κ1) is 13.8. The van der Waals surface area contributed by atoms with Gasteiger partial charge in [-0.3, -0.25) is 9.59 Å². The Morgan fingerprint density at radius 3 is 2.44 bits per heavy atom. The minimum atomic E-state index is -1.10. The van der Waals surface area contributed by atoms with Crippen LogP contribution in [0.2, 0.25) is 0 Å². The van der Waals surface area contributed by atoms with Gasteiger partial charge in [0, 0.05) is 5.56 Å². The first-order valence-corrected chi connectivity index (χ1v) is 5.22. The highest BCUT2D eigenvalue weighted by atomic mass is 16.5. The molecule has 1 amide bonds. The summed E-state index contributed by atoms with van der Waals surface area (Å²) in [5.74, 6) is -0.633. The number of nitrogens with one attached hydrogen (secondary N) is 1. The summed E-state index contributed by atoms with van der Waals surface area (Å²) in [6.07, 6.45) is 0. The van der Waals surface area contributed by atoms with Gasteiger partial charge < -0.3 is 19.9 Å². The van der Waals surface area contributed by atoms with Gasteiger partial charge in [-0.05, 0) is 19.1 Å². The Hall–Kier alpha value is -2.24. The van der Waals surface area contributed by atoms with E-state index >= 15 is 0 Å². The van der Waals surface area contributed by atoms with Crippen molar-refractivity contribution in [1.82, 2.24) is 5.32 Å². The molecule has 0 saturated carbocycles. The number of carbonyl (C=O) groups is 2. The number of aliphatic carboxylic acids is 1. The molecule has 0 saturated heterocycles. The van der Waals surface area contributed by atoms with Gasteiger partial charge in [0.25, 0.3) is 5.91 Å². The Kier molecular flexibility index (Phi) is 4.53. The summed E-state index contributed by atoms with van der Waals surface area (Å²) >= 11 is 0. The molecule has 0 aliphatic carbocycles. The molecule has 0 spiro atoms. The average Bonchev–Trinajstić information content (AvgIpc) is 2.35. The van der Waals surface area contributed by atoms with Crippen LogP contribution in [0.5, 0.6) is 11.5 Å². The van der Waals surface area contributed by atoms with E-state index in [1.165, 1.54) is 20.3 Å². The maximum atomic E-state index is 11.8. The average molecular weight is 253 g/mol. The van der Waals surface area contributed by atoms with Crippen LogP contribution in [-0.2, 0) is 4.79 Å². The largest absolute Gasteiger partial charge is 0.496 e. The van der Waals surface area contributed by atoms with Gasteiger partial charge >= 0.3 is 5.97 Å². The molecule has 1 aromatic carbocycles. The Balaban J connectivity index is 3.05. The molecule has 1 aromatic rings. The van der Waals surface area contributed by atoms with Crippen molar-refractivity contribution in [3.8, 4) is 11.5 Å². The van der Waals surface area contributed by atoms with E-state index < -0.39 is 18.4 Å². The summed E-state index contributed by atoms with van der Waals surface area (Å²) in [7, 11) is 2.96. The predicted molar refractivity (Wildman–Crippen MR) is 64.3 cm³/mol. The van der Waals surface area contributed by atoms with Crippen molar-refractivity contribution in [3.63, 3.8) is 0 Å². The lowest BCUT2D eigenvalue weighted by Crippen LogP contribution is -2.29. The number of carbonyl (C=O) groups excluding carboxylic acids is 1. The molecule has 0 aliphatic rings. The van der Waals surface area contributed by atoms with Crippen molar-refractivity contribution in [3.05, 3.63) is 23.3 Å². The SMILES string of the molecule is COc1ccc(C(=O)NCC(=O)O)c(OC)c1C. The lowest BCUT2D eigenvalue weighted by Gasteiger charge is -2.13. The fraction of sp³-hybridized carbons (Fsp3) is 0.333. The monoisotopic (exact) mass is 253 g/mol. The number of amides is 1. The molecule has 0 heterocycles. The van der Waals surface area contributed by atoms with Gasteiger partial charge in [-0.2, -0.15) is 0 Å². The number of carboxylic acid groups (broad SMARTS) is 1. The minimum absolute atomic E-state index is 0.275. The van der Waals surface area contributed by atoms with Crippen molar-refractivity contribution in [2.45, 2.75) is 6.92 Å². The molecular weight excluding hydrogens is 238 g/mol. The highest BCUT2D eigenvalue weighted by Crippen LogP contribution is 2.31. The summed E-state index contributed by atoms with van der Waals surface area (Å²) in [6.45, 7) is 1.32. The van der Waals surface area contributed by atoms with Crippen LogP contribution in [0.4, 0.5) is 0 Å². The third-order valence-corrected chi connectivity index (χ3v) is 2.43. The quantitative estimate of drug-likeness (QED) is 0.811. The zero-order valence-corrected chi connectivity index (χ0v) is 10.4.